The molecule has 0 aliphatic heterocycles. The summed E-state index contributed by atoms with van der Waals surface area (Å²) in [6, 6.07) is 12.3. The average Bonchev–Trinajstić information content (AvgIpc) is 2.80. The van der Waals surface area contributed by atoms with Gasteiger partial charge in [0.05, 0.1) is 6.04 Å². The molecule has 2 aromatic carbocycles. The lowest BCUT2D eigenvalue weighted by atomic mass is 10.0. The highest BCUT2D eigenvalue weighted by Crippen LogP contribution is 2.31. The van der Waals surface area contributed by atoms with Gasteiger partial charge in [-0.3, -0.25) is 0 Å². The fourth-order valence-corrected chi connectivity index (χ4v) is 5.42. The van der Waals surface area contributed by atoms with E-state index in [0.29, 0.717) is 17.2 Å². The van der Waals surface area contributed by atoms with Crippen LogP contribution >= 0.6 is 0 Å². The lowest BCUT2D eigenvalue weighted by molar-refractivity contribution is 0.233. The topological polar surface area (TPSA) is 133 Å². The van der Waals surface area contributed by atoms with Crippen LogP contribution in [0.15, 0.2) is 67.0 Å². The Bertz CT molecular complexity index is 1220. The van der Waals surface area contributed by atoms with Crippen molar-refractivity contribution in [3.8, 4) is 0 Å². The molecule has 0 radical (unpaired) electrons. The fourth-order valence-electron chi connectivity index (χ4n) is 3.74. The predicted octanol–water partition coefficient (Wildman–Crippen LogP) is 3.81. The third-order valence-electron chi connectivity index (χ3n) is 5.24. The predicted molar refractivity (Wildman–Crippen MR) is 131 cm³/mol. The van der Waals surface area contributed by atoms with Gasteiger partial charge in [-0.05, 0) is 42.2 Å². The number of hydrogen-bond acceptors (Lipinski definition) is 7. The average molecular weight is 502 g/mol. The largest absolute Gasteiger partial charge is 0.396 e. The molecule has 11 heteroatoms. The quantitative estimate of drug-likeness (QED) is 0.332. The van der Waals surface area contributed by atoms with Crippen LogP contribution in [0.25, 0.3) is 0 Å². The molecule has 0 bridgehead atoms. The number of sulfonamides is 1. The number of urea groups is 1. The summed E-state index contributed by atoms with van der Waals surface area (Å²) in [5.41, 5.74) is 1.31. The van der Waals surface area contributed by atoms with Gasteiger partial charge in [0.1, 0.15) is 11.1 Å². The first-order valence-electron chi connectivity index (χ1n) is 11.0. The molecule has 9 nitrogen and oxygen atoms in total. The molecule has 0 aliphatic carbocycles. The summed E-state index contributed by atoms with van der Waals surface area (Å²) in [5.74, 6) is -0.529. The summed E-state index contributed by atoms with van der Waals surface area (Å²) in [4.78, 5) is 20.8. The number of carbonyl (C=O) groups is 1. The van der Waals surface area contributed by atoms with Crippen molar-refractivity contribution >= 4 is 27.7 Å². The maximum atomic E-state index is 14.2. The van der Waals surface area contributed by atoms with Crippen molar-refractivity contribution in [1.82, 2.24) is 20.0 Å². The Labute approximate surface area is 203 Å². The van der Waals surface area contributed by atoms with E-state index in [1.54, 1.807) is 62.6 Å². The van der Waals surface area contributed by atoms with Crippen LogP contribution < -0.4 is 15.4 Å². The van der Waals surface area contributed by atoms with Gasteiger partial charge in [0.25, 0.3) is 0 Å². The van der Waals surface area contributed by atoms with E-state index in [4.69, 9.17) is 0 Å². The van der Waals surface area contributed by atoms with Gasteiger partial charge in [0.2, 0.25) is 16.0 Å². The molecule has 0 saturated heterocycles. The Morgan fingerprint density at radius 1 is 1.03 bits per heavy atom. The monoisotopic (exact) mass is 501 g/mol. The van der Waals surface area contributed by atoms with Gasteiger partial charge in [0, 0.05) is 30.3 Å². The summed E-state index contributed by atoms with van der Waals surface area (Å²) < 4.78 is 42.6. The second-order valence-electron chi connectivity index (χ2n) is 8.19. The third kappa shape index (κ3) is 6.96. The van der Waals surface area contributed by atoms with Crippen molar-refractivity contribution < 1.29 is 22.7 Å². The molecule has 0 aliphatic rings. The van der Waals surface area contributed by atoms with Crippen LogP contribution in [0.1, 0.15) is 42.7 Å². The number of anilines is 2. The molecule has 4 N–H and O–H groups in total. The maximum absolute atomic E-state index is 14.2. The molecule has 2 atom stereocenters. The van der Waals surface area contributed by atoms with Gasteiger partial charge in [0.15, 0.2) is 0 Å². The van der Waals surface area contributed by atoms with Crippen LogP contribution in [0.5, 0.6) is 0 Å². The first kappa shape index (κ1) is 26.0. The van der Waals surface area contributed by atoms with E-state index < -0.39 is 33.2 Å². The molecule has 2 amide bonds. The third-order valence-corrected chi connectivity index (χ3v) is 7.19. The molecule has 186 valence electrons. The molecule has 1 aromatic heterocycles. The van der Waals surface area contributed by atoms with E-state index in [1.807, 2.05) is 0 Å². The van der Waals surface area contributed by atoms with Crippen molar-refractivity contribution in [2.75, 3.05) is 11.9 Å². The Kier molecular flexibility index (Phi) is 8.72. The summed E-state index contributed by atoms with van der Waals surface area (Å²) >= 11 is 0. The molecule has 35 heavy (non-hydrogen) atoms. The van der Waals surface area contributed by atoms with Crippen LogP contribution in [0, 0.1) is 11.7 Å². The summed E-state index contributed by atoms with van der Waals surface area (Å²) in [6.07, 6.45) is 3.21. The minimum absolute atomic E-state index is 0.0155. The number of amides is 2. The smallest absolute Gasteiger partial charge is 0.328 e. The standard InChI is InChI=1S/C24H28FN5O4S/c1-16(2)22(17-8-10-18(11-9-17)28-23-26-13-5-14-27-23)35(33,34)30-24(32)29-21(12-15-31)19-6-3-4-7-20(19)25/h3-11,13-14,16,21-22,31H,12,15H2,1-2H3,(H,26,27,28)(H2,29,30,32). The zero-order valence-electron chi connectivity index (χ0n) is 19.3. The summed E-state index contributed by atoms with van der Waals surface area (Å²) in [7, 11) is -4.16. The number of benzene rings is 2. The Balaban J connectivity index is 1.75. The van der Waals surface area contributed by atoms with Crippen LogP contribution in [-0.2, 0) is 10.0 Å². The van der Waals surface area contributed by atoms with Crippen LogP contribution in [-0.4, -0.2) is 36.1 Å². The molecule has 0 spiro atoms. The minimum Gasteiger partial charge on any atom is -0.396 e. The molecule has 2 unspecified atom stereocenters. The van der Waals surface area contributed by atoms with Gasteiger partial charge in [-0.2, -0.15) is 0 Å². The summed E-state index contributed by atoms with van der Waals surface area (Å²) in [5, 5.41) is 13.8. The fraction of sp³-hybridized carbons (Fsp3) is 0.292. The van der Waals surface area contributed by atoms with Crippen molar-refractivity contribution in [3.63, 3.8) is 0 Å². The number of aliphatic hydroxyl groups excluding tert-OH is 1. The van der Waals surface area contributed by atoms with Crippen molar-refractivity contribution in [3.05, 3.63) is 83.9 Å². The van der Waals surface area contributed by atoms with E-state index in [9.17, 15) is 22.7 Å². The van der Waals surface area contributed by atoms with Crippen molar-refractivity contribution in [2.24, 2.45) is 5.92 Å². The zero-order chi connectivity index (χ0) is 25.4. The van der Waals surface area contributed by atoms with Crippen LogP contribution in [0.3, 0.4) is 0 Å². The second kappa shape index (κ2) is 11.7. The zero-order valence-corrected chi connectivity index (χ0v) is 20.2. The number of carbonyl (C=O) groups excluding carboxylic acids is 1. The van der Waals surface area contributed by atoms with Crippen LogP contribution in [0.4, 0.5) is 20.8 Å². The molecule has 3 aromatic rings. The Morgan fingerprint density at radius 3 is 2.29 bits per heavy atom. The first-order chi connectivity index (χ1) is 16.7. The van der Waals surface area contributed by atoms with Crippen molar-refractivity contribution in [2.45, 2.75) is 31.6 Å². The lowest BCUT2D eigenvalue weighted by Crippen LogP contribution is -2.44. The van der Waals surface area contributed by atoms with Crippen molar-refractivity contribution in [1.29, 1.82) is 0 Å². The Hall–Kier alpha value is -3.57. The van der Waals surface area contributed by atoms with E-state index in [0.717, 1.165) is 0 Å². The number of aromatic nitrogens is 2. The van der Waals surface area contributed by atoms with Gasteiger partial charge in [-0.1, -0.05) is 44.2 Å². The minimum atomic E-state index is -4.16. The normalized spacial score (nSPS) is 13.2. The molecule has 1 heterocycles. The molecule has 3 rings (SSSR count). The highest BCUT2D eigenvalue weighted by atomic mass is 32.2. The molecular formula is C24H28FN5O4S. The number of nitrogens with zero attached hydrogens (tertiary/aromatic N) is 2. The van der Waals surface area contributed by atoms with E-state index in [-0.39, 0.29) is 24.5 Å². The highest BCUT2D eigenvalue weighted by molar-refractivity contribution is 7.90. The van der Waals surface area contributed by atoms with Gasteiger partial charge < -0.3 is 15.7 Å². The number of nitrogens with one attached hydrogen (secondary N) is 3. The lowest BCUT2D eigenvalue weighted by Gasteiger charge is -2.24. The van der Waals surface area contributed by atoms with E-state index >= 15 is 0 Å². The van der Waals surface area contributed by atoms with Gasteiger partial charge in [-0.15, -0.1) is 0 Å². The number of hydrogen-bond donors (Lipinski definition) is 4. The van der Waals surface area contributed by atoms with Crippen LogP contribution in [0.2, 0.25) is 0 Å². The molecule has 0 fully saturated rings. The van der Waals surface area contributed by atoms with Gasteiger partial charge in [-0.25, -0.2) is 32.3 Å². The number of rotatable bonds is 10. The second-order valence-corrected chi connectivity index (χ2v) is 9.99. The number of halogens is 1. The van der Waals surface area contributed by atoms with Gasteiger partial charge >= 0.3 is 6.03 Å². The van der Waals surface area contributed by atoms with E-state index in [1.165, 1.54) is 18.2 Å². The first-order valence-corrected chi connectivity index (χ1v) is 12.6. The van der Waals surface area contributed by atoms with E-state index in [2.05, 4.69) is 25.3 Å². The molecular weight excluding hydrogens is 473 g/mol. The highest BCUT2D eigenvalue weighted by Gasteiger charge is 2.32. The molecule has 0 saturated carbocycles. The number of aliphatic hydroxyl groups is 1. The maximum Gasteiger partial charge on any atom is 0.328 e. The Morgan fingerprint density at radius 2 is 1.69 bits per heavy atom. The summed E-state index contributed by atoms with van der Waals surface area (Å²) in [6.45, 7) is 3.15. The SMILES string of the molecule is CC(C)C(c1ccc(Nc2ncccn2)cc1)S(=O)(=O)NC(=O)NC(CCO)c1ccccc1F.